The molecule has 1 spiro atoms. The van der Waals surface area contributed by atoms with Gasteiger partial charge in [0.1, 0.15) is 0 Å². The number of nitrogens with one attached hydrogen (secondary N) is 2. The van der Waals surface area contributed by atoms with Gasteiger partial charge in [0, 0.05) is 37.8 Å². The van der Waals surface area contributed by atoms with E-state index in [0.29, 0.717) is 11.0 Å². The molecule has 25 heavy (non-hydrogen) atoms. The quantitative estimate of drug-likeness (QED) is 0.752. The number of likely N-dealkylation sites (tertiary alicyclic amines) is 1. The molecule has 0 bridgehead atoms. The van der Waals surface area contributed by atoms with E-state index in [1.807, 2.05) is 0 Å². The van der Waals surface area contributed by atoms with Crippen molar-refractivity contribution in [2.45, 2.75) is 98.6 Å². The van der Waals surface area contributed by atoms with Crippen molar-refractivity contribution in [1.82, 2.24) is 15.5 Å². The van der Waals surface area contributed by atoms with Crippen LogP contribution in [0.5, 0.6) is 0 Å². The fourth-order valence-electron chi connectivity index (χ4n) is 4.19. The van der Waals surface area contributed by atoms with Gasteiger partial charge >= 0.3 is 0 Å². The SMILES string of the molecule is CC(C)C.CC(C)N1CCC2(CCN2)C1.CCCC1(CCC)CNC1. The van der Waals surface area contributed by atoms with Gasteiger partial charge in [-0.15, -0.1) is 0 Å². The largest absolute Gasteiger partial charge is 0.316 e. The van der Waals surface area contributed by atoms with E-state index >= 15 is 0 Å². The van der Waals surface area contributed by atoms with Crippen molar-refractivity contribution in [2.75, 3.05) is 32.7 Å². The first-order chi connectivity index (χ1) is 11.8. The zero-order valence-corrected chi connectivity index (χ0v) is 18.4. The molecule has 0 saturated carbocycles. The highest BCUT2D eigenvalue weighted by molar-refractivity contribution is 5.04. The predicted octanol–water partition coefficient (Wildman–Crippen LogP) is 4.67. The standard InChI is InChI=1S/C9H18N2.C9H19N.C4H10/c1-8(2)11-6-4-9(7-11)3-5-10-9;1-3-5-9(6-4-2)7-10-8-9;1-4(2)3/h8,10H,3-7H2,1-2H3;10H,3-8H2,1-2H3;4H,1-3H3. The maximum absolute atomic E-state index is 3.56. The molecule has 3 rings (SSSR count). The summed E-state index contributed by atoms with van der Waals surface area (Å²) in [5.74, 6) is 0.833. The van der Waals surface area contributed by atoms with E-state index in [0.717, 1.165) is 12.0 Å². The van der Waals surface area contributed by atoms with E-state index in [2.05, 4.69) is 64.0 Å². The van der Waals surface area contributed by atoms with Crippen LogP contribution in [0.25, 0.3) is 0 Å². The highest BCUT2D eigenvalue weighted by atomic mass is 15.2. The molecule has 0 aromatic carbocycles. The molecule has 150 valence electrons. The van der Waals surface area contributed by atoms with Crippen LogP contribution < -0.4 is 10.6 Å². The monoisotopic (exact) mass is 353 g/mol. The van der Waals surface area contributed by atoms with Crippen molar-refractivity contribution in [3.8, 4) is 0 Å². The lowest BCUT2D eigenvalue weighted by Gasteiger charge is -2.42. The van der Waals surface area contributed by atoms with Crippen LogP contribution in [0.4, 0.5) is 0 Å². The van der Waals surface area contributed by atoms with Crippen molar-refractivity contribution < 1.29 is 0 Å². The van der Waals surface area contributed by atoms with Gasteiger partial charge in [-0.1, -0.05) is 47.5 Å². The van der Waals surface area contributed by atoms with Gasteiger partial charge in [0.15, 0.2) is 0 Å². The van der Waals surface area contributed by atoms with Crippen molar-refractivity contribution in [1.29, 1.82) is 0 Å². The van der Waals surface area contributed by atoms with Crippen molar-refractivity contribution >= 4 is 0 Å². The van der Waals surface area contributed by atoms with E-state index in [1.165, 1.54) is 71.2 Å². The summed E-state index contributed by atoms with van der Waals surface area (Å²) in [4.78, 5) is 2.58. The van der Waals surface area contributed by atoms with E-state index < -0.39 is 0 Å². The minimum Gasteiger partial charge on any atom is -0.316 e. The lowest BCUT2D eigenvalue weighted by atomic mass is 9.74. The maximum Gasteiger partial charge on any atom is 0.0333 e. The maximum atomic E-state index is 3.56. The van der Waals surface area contributed by atoms with Gasteiger partial charge < -0.3 is 10.6 Å². The number of hydrogen-bond acceptors (Lipinski definition) is 3. The molecule has 0 amide bonds. The van der Waals surface area contributed by atoms with Crippen LogP contribution in [0, 0.1) is 11.3 Å². The zero-order valence-electron chi connectivity index (χ0n) is 18.4. The normalized spacial score (nSPS) is 27.2. The second kappa shape index (κ2) is 10.9. The molecule has 1 unspecified atom stereocenters. The number of nitrogens with zero attached hydrogens (tertiary/aromatic N) is 1. The molecule has 3 heterocycles. The first-order valence-electron chi connectivity index (χ1n) is 11.0. The molecule has 3 heteroatoms. The van der Waals surface area contributed by atoms with Crippen LogP contribution in [0.15, 0.2) is 0 Å². The van der Waals surface area contributed by atoms with E-state index in [4.69, 9.17) is 0 Å². The third kappa shape index (κ3) is 7.56. The second-order valence-electron chi connectivity index (χ2n) is 9.61. The molecule has 3 fully saturated rings. The Balaban J connectivity index is 0.000000208. The Kier molecular flexibility index (Phi) is 9.98. The summed E-state index contributed by atoms with van der Waals surface area (Å²) in [5.41, 5.74) is 1.26. The summed E-state index contributed by atoms with van der Waals surface area (Å²) < 4.78 is 0. The van der Waals surface area contributed by atoms with Gasteiger partial charge in [-0.25, -0.2) is 0 Å². The average Bonchev–Trinajstić information content (AvgIpc) is 2.91. The topological polar surface area (TPSA) is 27.3 Å². The van der Waals surface area contributed by atoms with Crippen LogP contribution in [0.1, 0.15) is 87.0 Å². The Morgan fingerprint density at radius 1 is 0.920 bits per heavy atom. The molecule has 3 aliphatic heterocycles. The lowest BCUT2D eigenvalue weighted by molar-refractivity contribution is 0.135. The fraction of sp³-hybridized carbons (Fsp3) is 1.00. The van der Waals surface area contributed by atoms with Gasteiger partial charge in [-0.2, -0.15) is 0 Å². The fourth-order valence-corrected chi connectivity index (χ4v) is 4.19. The number of rotatable bonds is 5. The minimum absolute atomic E-state index is 0.546. The van der Waals surface area contributed by atoms with Crippen LogP contribution in [0.2, 0.25) is 0 Å². The van der Waals surface area contributed by atoms with Crippen molar-refractivity contribution in [2.24, 2.45) is 11.3 Å². The third-order valence-electron chi connectivity index (χ3n) is 5.78. The Hall–Kier alpha value is -0.120. The van der Waals surface area contributed by atoms with Gasteiger partial charge in [0.05, 0.1) is 0 Å². The molecule has 2 N–H and O–H groups in total. The first-order valence-corrected chi connectivity index (χ1v) is 11.0. The molecular formula is C22H47N3. The third-order valence-corrected chi connectivity index (χ3v) is 5.78. The molecule has 1 atom stereocenters. The van der Waals surface area contributed by atoms with Crippen molar-refractivity contribution in [3.63, 3.8) is 0 Å². The smallest absolute Gasteiger partial charge is 0.0333 e. The zero-order chi connectivity index (χ0) is 18.9. The Morgan fingerprint density at radius 3 is 1.64 bits per heavy atom. The van der Waals surface area contributed by atoms with Gasteiger partial charge in [0.25, 0.3) is 0 Å². The molecule has 0 aromatic rings. The van der Waals surface area contributed by atoms with E-state index in [9.17, 15) is 0 Å². The Bertz CT molecular complexity index is 332. The van der Waals surface area contributed by atoms with E-state index in [-0.39, 0.29) is 0 Å². The summed E-state index contributed by atoms with van der Waals surface area (Å²) in [6.07, 6.45) is 8.31. The molecule has 3 nitrogen and oxygen atoms in total. The highest BCUT2D eigenvalue weighted by Crippen LogP contribution is 2.33. The van der Waals surface area contributed by atoms with Gasteiger partial charge in [-0.05, 0) is 57.4 Å². The van der Waals surface area contributed by atoms with Gasteiger partial charge in [-0.3, -0.25) is 4.90 Å². The summed E-state index contributed by atoms with van der Waals surface area (Å²) in [7, 11) is 0. The second-order valence-corrected chi connectivity index (χ2v) is 9.61. The van der Waals surface area contributed by atoms with Crippen LogP contribution >= 0.6 is 0 Å². The van der Waals surface area contributed by atoms with E-state index in [1.54, 1.807) is 0 Å². The van der Waals surface area contributed by atoms with Crippen LogP contribution in [-0.2, 0) is 0 Å². The van der Waals surface area contributed by atoms with Crippen LogP contribution in [0.3, 0.4) is 0 Å². The summed E-state index contributed by atoms with van der Waals surface area (Å²) in [5, 5.41) is 6.94. The average molecular weight is 354 g/mol. The minimum atomic E-state index is 0.546. The van der Waals surface area contributed by atoms with Crippen LogP contribution in [-0.4, -0.2) is 49.2 Å². The molecular weight excluding hydrogens is 306 g/mol. The first kappa shape index (κ1) is 22.9. The summed E-state index contributed by atoms with van der Waals surface area (Å²) in [6, 6.07) is 0.733. The predicted molar refractivity (Wildman–Crippen MR) is 112 cm³/mol. The molecule has 0 aliphatic carbocycles. The van der Waals surface area contributed by atoms with Gasteiger partial charge in [0.2, 0.25) is 0 Å². The Labute approximate surface area is 158 Å². The summed E-state index contributed by atoms with van der Waals surface area (Å²) in [6.45, 7) is 22.0. The Morgan fingerprint density at radius 2 is 1.44 bits per heavy atom. The highest BCUT2D eigenvalue weighted by Gasteiger charge is 2.42. The lowest BCUT2D eigenvalue weighted by Crippen LogP contribution is -2.58. The number of hydrogen-bond donors (Lipinski definition) is 2. The summed E-state index contributed by atoms with van der Waals surface area (Å²) >= 11 is 0. The molecule has 3 saturated heterocycles. The molecule has 0 aromatic heterocycles. The molecule has 3 aliphatic rings. The van der Waals surface area contributed by atoms with Crippen molar-refractivity contribution in [3.05, 3.63) is 0 Å². The molecule has 0 radical (unpaired) electrons.